The van der Waals surface area contributed by atoms with Gasteiger partial charge in [0.05, 0.1) is 6.54 Å². The fraction of sp³-hybridized carbons (Fsp3) is 0.231. The average molecular weight is 261 g/mol. The SMILES string of the molecule is C=CCNC(=O)Nc1ccc(N2CCOC2=O)cc1. The summed E-state index contributed by atoms with van der Waals surface area (Å²) in [6.45, 7) is 4.87. The van der Waals surface area contributed by atoms with E-state index >= 15 is 0 Å². The van der Waals surface area contributed by atoms with Gasteiger partial charge < -0.3 is 15.4 Å². The van der Waals surface area contributed by atoms with Crippen LogP contribution in [0.15, 0.2) is 36.9 Å². The molecule has 1 aliphatic rings. The van der Waals surface area contributed by atoms with Crippen molar-refractivity contribution in [3.63, 3.8) is 0 Å². The van der Waals surface area contributed by atoms with Gasteiger partial charge in [0.1, 0.15) is 6.61 Å². The highest BCUT2D eigenvalue weighted by Gasteiger charge is 2.23. The Morgan fingerprint density at radius 2 is 2.16 bits per heavy atom. The second-order valence-electron chi connectivity index (χ2n) is 3.94. The van der Waals surface area contributed by atoms with Crippen molar-refractivity contribution < 1.29 is 14.3 Å². The third-order valence-corrected chi connectivity index (χ3v) is 2.60. The van der Waals surface area contributed by atoms with Crippen LogP contribution < -0.4 is 15.5 Å². The Hall–Kier alpha value is -2.50. The first-order valence-corrected chi connectivity index (χ1v) is 5.91. The molecule has 3 amide bonds. The first-order chi connectivity index (χ1) is 9.20. The van der Waals surface area contributed by atoms with Crippen LogP contribution in [0.25, 0.3) is 0 Å². The molecule has 1 aromatic carbocycles. The molecule has 0 aliphatic carbocycles. The molecule has 1 fully saturated rings. The van der Waals surface area contributed by atoms with Crippen LogP contribution in [0.3, 0.4) is 0 Å². The van der Waals surface area contributed by atoms with Gasteiger partial charge in [-0.05, 0) is 24.3 Å². The monoisotopic (exact) mass is 261 g/mol. The van der Waals surface area contributed by atoms with E-state index in [2.05, 4.69) is 17.2 Å². The summed E-state index contributed by atoms with van der Waals surface area (Å²) in [5, 5.41) is 5.28. The van der Waals surface area contributed by atoms with Crippen molar-refractivity contribution in [3.8, 4) is 0 Å². The molecule has 1 aliphatic heterocycles. The van der Waals surface area contributed by atoms with E-state index in [1.165, 1.54) is 0 Å². The molecule has 0 radical (unpaired) electrons. The summed E-state index contributed by atoms with van der Waals surface area (Å²) < 4.78 is 4.86. The fourth-order valence-corrected chi connectivity index (χ4v) is 1.69. The molecule has 0 atom stereocenters. The van der Waals surface area contributed by atoms with Crippen LogP contribution in [-0.2, 0) is 4.74 Å². The van der Waals surface area contributed by atoms with Crippen LogP contribution in [0.2, 0.25) is 0 Å². The summed E-state index contributed by atoms with van der Waals surface area (Å²) in [4.78, 5) is 24.3. The van der Waals surface area contributed by atoms with Crippen molar-refractivity contribution >= 4 is 23.5 Å². The van der Waals surface area contributed by atoms with Crippen molar-refractivity contribution in [2.75, 3.05) is 29.9 Å². The summed E-state index contributed by atoms with van der Waals surface area (Å²) >= 11 is 0. The Kier molecular flexibility index (Phi) is 4.02. The Labute approximate surface area is 111 Å². The second kappa shape index (κ2) is 5.90. The first kappa shape index (κ1) is 12.9. The molecule has 0 unspecified atom stereocenters. The highest BCUT2D eigenvalue weighted by molar-refractivity contribution is 5.91. The zero-order valence-corrected chi connectivity index (χ0v) is 10.4. The van der Waals surface area contributed by atoms with Crippen LogP contribution in [0, 0.1) is 0 Å². The Morgan fingerprint density at radius 3 is 2.74 bits per heavy atom. The fourth-order valence-electron chi connectivity index (χ4n) is 1.69. The standard InChI is InChI=1S/C13H15N3O3/c1-2-7-14-12(17)15-10-3-5-11(6-4-10)16-8-9-19-13(16)18/h2-6H,1,7-9H2,(H2,14,15,17). The third-order valence-electron chi connectivity index (χ3n) is 2.60. The van der Waals surface area contributed by atoms with Crippen molar-refractivity contribution in [1.82, 2.24) is 5.32 Å². The maximum atomic E-state index is 11.4. The number of carbonyl (C=O) groups excluding carboxylic acids is 2. The average Bonchev–Trinajstić information content (AvgIpc) is 2.83. The highest BCUT2D eigenvalue weighted by atomic mass is 16.6. The van der Waals surface area contributed by atoms with Crippen LogP contribution >= 0.6 is 0 Å². The minimum absolute atomic E-state index is 0.298. The zero-order valence-electron chi connectivity index (χ0n) is 10.4. The maximum absolute atomic E-state index is 11.4. The van der Waals surface area contributed by atoms with Crippen LogP contribution in [0.5, 0.6) is 0 Å². The van der Waals surface area contributed by atoms with E-state index in [4.69, 9.17) is 4.74 Å². The van der Waals surface area contributed by atoms with Crippen molar-refractivity contribution in [3.05, 3.63) is 36.9 Å². The summed E-state index contributed by atoms with van der Waals surface area (Å²) in [6.07, 6.45) is 1.26. The van der Waals surface area contributed by atoms with Gasteiger partial charge in [-0.15, -0.1) is 6.58 Å². The van der Waals surface area contributed by atoms with E-state index in [1.807, 2.05) is 0 Å². The topological polar surface area (TPSA) is 70.7 Å². The quantitative estimate of drug-likeness (QED) is 0.814. The summed E-state index contributed by atoms with van der Waals surface area (Å²) in [5.41, 5.74) is 1.40. The van der Waals surface area contributed by atoms with Crippen LogP contribution in [-0.4, -0.2) is 31.8 Å². The molecule has 0 aromatic heterocycles. The van der Waals surface area contributed by atoms with Gasteiger partial charge in [-0.2, -0.15) is 0 Å². The number of urea groups is 1. The summed E-state index contributed by atoms with van der Waals surface area (Å²) in [7, 11) is 0. The van der Waals surface area contributed by atoms with Crippen molar-refractivity contribution in [2.45, 2.75) is 0 Å². The Balaban J connectivity index is 1.96. The largest absolute Gasteiger partial charge is 0.447 e. The molecule has 6 heteroatoms. The number of hydrogen-bond donors (Lipinski definition) is 2. The minimum Gasteiger partial charge on any atom is -0.447 e. The number of anilines is 2. The number of cyclic esters (lactones) is 1. The van der Waals surface area contributed by atoms with Gasteiger partial charge >= 0.3 is 12.1 Å². The molecule has 2 rings (SSSR count). The number of nitrogens with one attached hydrogen (secondary N) is 2. The Bertz CT molecular complexity index is 484. The highest BCUT2D eigenvalue weighted by Crippen LogP contribution is 2.20. The number of ether oxygens (including phenoxy) is 1. The van der Waals surface area contributed by atoms with Crippen LogP contribution in [0.1, 0.15) is 0 Å². The molecule has 6 nitrogen and oxygen atoms in total. The van der Waals surface area contributed by atoms with Crippen LogP contribution in [0.4, 0.5) is 21.0 Å². The molecule has 0 bridgehead atoms. The number of amides is 3. The molecular formula is C13H15N3O3. The van der Waals surface area contributed by atoms with E-state index in [-0.39, 0.29) is 12.1 Å². The van der Waals surface area contributed by atoms with Crippen molar-refractivity contribution in [2.24, 2.45) is 0 Å². The molecule has 2 N–H and O–H groups in total. The normalized spacial score (nSPS) is 13.9. The summed E-state index contributed by atoms with van der Waals surface area (Å²) in [6, 6.07) is 6.68. The Morgan fingerprint density at radius 1 is 1.42 bits per heavy atom. The zero-order chi connectivity index (χ0) is 13.7. The molecule has 1 saturated heterocycles. The molecule has 1 aromatic rings. The molecule has 100 valence electrons. The van der Waals surface area contributed by atoms with Gasteiger partial charge in [0, 0.05) is 17.9 Å². The van der Waals surface area contributed by atoms with Gasteiger partial charge in [0.15, 0.2) is 0 Å². The van der Waals surface area contributed by atoms with Gasteiger partial charge in [-0.1, -0.05) is 6.08 Å². The number of benzene rings is 1. The molecule has 1 heterocycles. The molecule has 19 heavy (non-hydrogen) atoms. The lowest BCUT2D eigenvalue weighted by Crippen LogP contribution is -2.28. The predicted octanol–water partition coefficient (Wildman–Crippen LogP) is 1.95. The van der Waals surface area contributed by atoms with Gasteiger partial charge in [0.25, 0.3) is 0 Å². The lowest BCUT2D eigenvalue weighted by Gasteiger charge is -2.13. The number of nitrogens with zero attached hydrogens (tertiary/aromatic N) is 1. The first-order valence-electron chi connectivity index (χ1n) is 5.91. The molecule has 0 saturated carbocycles. The summed E-state index contributed by atoms with van der Waals surface area (Å²) in [5.74, 6) is 0. The number of rotatable bonds is 4. The van der Waals surface area contributed by atoms with E-state index in [9.17, 15) is 9.59 Å². The van der Waals surface area contributed by atoms with E-state index < -0.39 is 0 Å². The van der Waals surface area contributed by atoms with Gasteiger partial charge in [-0.3, -0.25) is 4.90 Å². The lowest BCUT2D eigenvalue weighted by atomic mass is 10.2. The predicted molar refractivity (Wildman–Crippen MR) is 72.4 cm³/mol. The van der Waals surface area contributed by atoms with E-state index in [0.717, 1.165) is 5.69 Å². The number of carbonyl (C=O) groups is 2. The second-order valence-corrected chi connectivity index (χ2v) is 3.94. The molecular weight excluding hydrogens is 246 g/mol. The van der Waals surface area contributed by atoms with E-state index in [0.29, 0.717) is 25.4 Å². The lowest BCUT2D eigenvalue weighted by molar-refractivity contribution is 0.181. The van der Waals surface area contributed by atoms with Gasteiger partial charge in [-0.25, -0.2) is 9.59 Å². The smallest absolute Gasteiger partial charge is 0.414 e. The van der Waals surface area contributed by atoms with Crippen molar-refractivity contribution in [1.29, 1.82) is 0 Å². The molecule has 0 spiro atoms. The van der Waals surface area contributed by atoms with E-state index in [1.54, 1.807) is 35.2 Å². The maximum Gasteiger partial charge on any atom is 0.414 e. The minimum atomic E-state index is -0.343. The third kappa shape index (κ3) is 3.25. The van der Waals surface area contributed by atoms with Gasteiger partial charge in [0.2, 0.25) is 0 Å². The number of hydrogen-bond acceptors (Lipinski definition) is 3.